The summed E-state index contributed by atoms with van der Waals surface area (Å²) in [4.78, 5) is 19.0. The molecule has 1 aliphatic carbocycles. The van der Waals surface area contributed by atoms with Gasteiger partial charge in [-0.1, -0.05) is 12.0 Å². The first-order valence-corrected chi connectivity index (χ1v) is 16.7. The molecule has 2 aromatic carbocycles. The summed E-state index contributed by atoms with van der Waals surface area (Å²) in [6.45, 7) is 6.77. The lowest BCUT2D eigenvalue weighted by Crippen LogP contribution is -2.60. The average Bonchev–Trinajstić information content (AvgIpc) is 3.78. The summed E-state index contributed by atoms with van der Waals surface area (Å²) >= 11 is 0. The van der Waals surface area contributed by atoms with Gasteiger partial charge in [0.2, 0.25) is 5.88 Å². The summed E-state index contributed by atoms with van der Waals surface area (Å²) in [5.41, 5.74) is -0.106. The second kappa shape index (κ2) is 11.1. The molecule has 1 saturated carbocycles. The number of terminal acetylenes is 1. The third-order valence-electron chi connectivity index (χ3n) is 10.9. The normalized spacial score (nSPS) is 25.8. The molecule has 4 fully saturated rings. The maximum absolute atomic E-state index is 17.1. The predicted octanol–water partition coefficient (Wildman–Crippen LogP) is 4.39. The van der Waals surface area contributed by atoms with Crippen LogP contribution in [-0.2, 0) is 4.74 Å². The number of anilines is 1. The fourth-order valence-corrected chi connectivity index (χ4v) is 8.08. The molecule has 3 saturated heterocycles. The van der Waals surface area contributed by atoms with Crippen LogP contribution in [-0.4, -0.2) is 95.2 Å². The third-order valence-corrected chi connectivity index (χ3v) is 10.9. The number of ether oxygens (including phenoxy) is 3. The van der Waals surface area contributed by atoms with Crippen LogP contribution in [0.4, 0.5) is 14.6 Å². The molecule has 48 heavy (non-hydrogen) atoms. The van der Waals surface area contributed by atoms with E-state index in [0.29, 0.717) is 49.0 Å². The van der Waals surface area contributed by atoms with Crippen LogP contribution < -0.4 is 19.7 Å². The molecule has 0 amide bonds. The van der Waals surface area contributed by atoms with Crippen molar-refractivity contribution in [2.24, 2.45) is 5.41 Å². The summed E-state index contributed by atoms with van der Waals surface area (Å²) in [7, 11) is 0. The van der Waals surface area contributed by atoms with E-state index in [-0.39, 0.29) is 68.9 Å². The lowest BCUT2D eigenvalue weighted by Gasteiger charge is -2.40. The van der Waals surface area contributed by atoms with Gasteiger partial charge in [0, 0.05) is 54.1 Å². The fraction of sp³-hybridized carbons (Fsp3) is 0.472. The van der Waals surface area contributed by atoms with Crippen molar-refractivity contribution in [1.82, 2.24) is 25.2 Å². The first kappa shape index (κ1) is 29.8. The van der Waals surface area contributed by atoms with E-state index >= 15 is 4.39 Å². The Morgan fingerprint density at radius 2 is 2.02 bits per heavy atom. The zero-order chi connectivity index (χ0) is 32.7. The van der Waals surface area contributed by atoms with Gasteiger partial charge in [0.05, 0.1) is 31.4 Å². The van der Waals surface area contributed by atoms with Crippen LogP contribution in [0.5, 0.6) is 17.6 Å². The minimum Gasteiger partial charge on any atom is -0.508 e. The molecule has 6 heterocycles. The van der Waals surface area contributed by atoms with Gasteiger partial charge in [-0.2, -0.15) is 9.97 Å². The van der Waals surface area contributed by atoms with Crippen LogP contribution in [0.2, 0.25) is 0 Å². The molecular weight excluding hydrogens is 618 g/mol. The average molecular weight is 655 g/mol. The third kappa shape index (κ3) is 4.82. The molecule has 5 aliphatic rings. The number of nitrogens with zero attached hydrogens (tertiary/aromatic N) is 5. The number of hydrogen-bond donors (Lipinski definition) is 2. The summed E-state index contributed by atoms with van der Waals surface area (Å²) in [5, 5.41) is 15.4. The first-order valence-electron chi connectivity index (χ1n) is 16.7. The van der Waals surface area contributed by atoms with Crippen molar-refractivity contribution in [3.05, 3.63) is 41.5 Å². The molecule has 2 N–H and O–H groups in total. The second-order valence-electron chi connectivity index (χ2n) is 14.1. The van der Waals surface area contributed by atoms with Gasteiger partial charge in [-0.05, 0) is 56.2 Å². The van der Waals surface area contributed by atoms with Crippen LogP contribution in [0.15, 0.2) is 24.3 Å². The Bertz CT molecular complexity index is 2020. The second-order valence-corrected chi connectivity index (χ2v) is 14.1. The van der Waals surface area contributed by atoms with Crippen molar-refractivity contribution in [2.75, 3.05) is 51.0 Å². The number of morpholine rings is 1. The Morgan fingerprint density at radius 1 is 1.15 bits per heavy atom. The van der Waals surface area contributed by atoms with Crippen molar-refractivity contribution in [1.29, 1.82) is 0 Å². The lowest BCUT2D eigenvalue weighted by molar-refractivity contribution is -0.0134. The molecule has 4 atom stereocenters. The molecule has 0 radical (unpaired) electrons. The molecule has 2 bridgehead atoms. The van der Waals surface area contributed by atoms with Gasteiger partial charge in [-0.3, -0.25) is 4.90 Å². The Balaban J connectivity index is 1.19. The van der Waals surface area contributed by atoms with E-state index in [1.54, 1.807) is 0 Å². The number of benzene rings is 2. The Hall–Kier alpha value is -4.31. The Labute approximate surface area is 276 Å². The number of fused-ring (bicyclic) bond motifs is 6. The number of rotatable bonds is 6. The van der Waals surface area contributed by atoms with E-state index in [2.05, 4.69) is 32.9 Å². The lowest BCUT2D eigenvalue weighted by atomic mass is 9.95. The van der Waals surface area contributed by atoms with Crippen LogP contribution >= 0.6 is 0 Å². The van der Waals surface area contributed by atoms with Crippen molar-refractivity contribution in [3.63, 3.8) is 0 Å². The van der Waals surface area contributed by atoms with Crippen molar-refractivity contribution >= 4 is 27.5 Å². The highest BCUT2D eigenvalue weighted by atomic mass is 19.1. The highest BCUT2D eigenvalue weighted by Gasteiger charge is 2.47. The molecule has 0 spiro atoms. The van der Waals surface area contributed by atoms with Gasteiger partial charge in [0.25, 0.3) is 0 Å². The van der Waals surface area contributed by atoms with E-state index in [9.17, 15) is 9.50 Å². The fourth-order valence-electron chi connectivity index (χ4n) is 8.08. The topological polar surface area (TPSA) is 105 Å². The van der Waals surface area contributed by atoms with E-state index in [4.69, 9.17) is 30.6 Å². The van der Waals surface area contributed by atoms with Gasteiger partial charge < -0.3 is 29.5 Å². The van der Waals surface area contributed by atoms with Gasteiger partial charge in [0.15, 0.2) is 5.82 Å². The molecule has 9 rings (SSSR count). The standard InChI is InChI=1S/C36H36F2N6O4/c1-3-23-25(37)6-4-20-12-22(45)13-24(28(20)23)31-30(38)32-29-33(44-14-21-5-7-26(39-21)27(44)16-47-34(29)40-31)42-35(41-32)48-18-36(8-9-36)17-43-10-11-46-15-19(43)2/h1,4,6,12-13,19,21,26-27,39,45H,5,7-11,14-18H2,2H3/t19-,21+,26-,27+/m0/s1. The molecule has 2 aromatic heterocycles. The molecule has 12 heteroatoms. The largest absolute Gasteiger partial charge is 0.508 e. The van der Waals surface area contributed by atoms with Gasteiger partial charge in [-0.15, -0.1) is 6.42 Å². The smallest absolute Gasteiger partial charge is 0.319 e. The van der Waals surface area contributed by atoms with Crippen LogP contribution in [0.1, 0.15) is 38.2 Å². The first-order chi connectivity index (χ1) is 23.3. The number of pyridine rings is 1. The predicted molar refractivity (Wildman–Crippen MR) is 175 cm³/mol. The zero-order valence-electron chi connectivity index (χ0n) is 26.6. The highest BCUT2D eigenvalue weighted by molar-refractivity contribution is 6.04. The number of piperazine rings is 1. The molecule has 4 aromatic rings. The minimum absolute atomic E-state index is 0.0108. The van der Waals surface area contributed by atoms with Gasteiger partial charge in [-0.25, -0.2) is 13.8 Å². The number of halogens is 2. The number of aromatic nitrogens is 3. The molecule has 0 unspecified atom stereocenters. The van der Waals surface area contributed by atoms with Crippen molar-refractivity contribution in [3.8, 4) is 41.2 Å². The highest BCUT2D eigenvalue weighted by Crippen LogP contribution is 2.48. The Kier molecular flexibility index (Phi) is 6.90. The molecule has 248 valence electrons. The SMILES string of the molecule is C#Cc1c(F)ccc2cc(O)cc(-c3nc4c5c(nc(OCC6(CN7CCOC[C@@H]7C)CC6)nc5c3F)N3C[C@H]5CC[C@H](N5)[C@H]3CO4)c12. The van der Waals surface area contributed by atoms with E-state index < -0.39 is 11.6 Å². The summed E-state index contributed by atoms with van der Waals surface area (Å²) < 4.78 is 50.4. The van der Waals surface area contributed by atoms with Crippen molar-refractivity contribution < 1.29 is 28.1 Å². The summed E-state index contributed by atoms with van der Waals surface area (Å²) in [6.07, 6.45) is 9.83. The summed E-state index contributed by atoms with van der Waals surface area (Å²) in [5.74, 6) is 1.57. The number of aromatic hydroxyl groups is 1. The maximum Gasteiger partial charge on any atom is 0.319 e. The van der Waals surface area contributed by atoms with E-state index in [1.165, 1.54) is 24.3 Å². The molecule has 4 aliphatic heterocycles. The van der Waals surface area contributed by atoms with Gasteiger partial charge in [0.1, 0.15) is 40.6 Å². The summed E-state index contributed by atoms with van der Waals surface area (Å²) in [6, 6.07) is 6.35. The zero-order valence-corrected chi connectivity index (χ0v) is 26.6. The number of nitrogens with one attached hydrogen (secondary N) is 1. The maximum atomic E-state index is 17.1. The van der Waals surface area contributed by atoms with Crippen molar-refractivity contribution in [2.45, 2.75) is 56.8 Å². The number of hydrogen-bond acceptors (Lipinski definition) is 10. The Morgan fingerprint density at radius 3 is 2.83 bits per heavy atom. The van der Waals surface area contributed by atoms with E-state index in [1.807, 2.05) is 0 Å². The van der Waals surface area contributed by atoms with Crippen LogP contribution in [0.25, 0.3) is 32.9 Å². The minimum atomic E-state index is -0.759. The molecular formula is C36H36F2N6O4. The van der Waals surface area contributed by atoms with E-state index in [0.717, 1.165) is 45.4 Å². The quantitative estimate of drug-likeness (QED) is 0.291. The monoisotopic (exact) mass is 654 g/mol. The van der Waals surface area contributed by atoms with Gasteiger partial charge >= 0.3 is 6.01 Å². The van der Waals surface area contributed by atoms with Crippen LogP contribution in [0.3, 0.4) is 0 Å². The molecule has 10 nitrogen and oxygen atoms in total. The van der Waals surface area contributed by atoms with Crippen LogP contribution in [0, 0.1) is 29.4 Å². The number of phenolic OH excluding ortho intramolecular Hbond substituents is 1. The number of phenols is 1.